The second-order valence-electron chi connectivity index (χ2n) is 8.51. The molecular formula is C25H30F3N7. The molecule has 0 N–H and O–H groups in total. The Labute approximate surface area is 203 Å². The lowest BCUT2D eigenvalue weighted by Crippen LogP contribution is -2.50. The minimum atomic E-state index is -4.40. The van der Waals surface area contributed by atoms with Gasteiger partial charge in [0.1, 0.15) is 6.17 Å². The predicted molar refractivity (Wildman–Crippen MR) is 133 cm³/mol. The molecule has 0 aliphatic carbocycles. The van der Waals surface area contributed by atoms with Gasteiger partial charge >= 0.3 is 6.18 Å². The lowest BCUT2D eigenvalue weighted by atomic mass is 10.1. The molecule has 1 aromatic heterocycles. The van der Waals surface area contributed by atoms with E-state index in [4.69, 9.17) is 15.0 Å². The van der Waals surface area contributed by atoms with Crippen LogP contribution in [0.15, 0.2) is 53.1 Å². The third-order valence-electron chi connectivity index (χ3n) is 6.16. The molecule has 35 heavy (non-hydrogen) atoms. The summed E-state index contributed by atoms with van der Waals surface area (Å²) in [7, 11) is 0. The Morgan fingerprint density at radius 3 is 2.43 bits per heavy atom. The molecule has 1 atom stereocenters. The van der Waals surface area contributed by atoms with E-state index in [1.54, 1.807) is 0 Å². The van der Waals surface area contributed by atoms with E-state index >= 15 is 0 Å². The van der Waals surface area contributed by atoms with E-state index in [-0.39, 0.29) is 0 Å². The fourth-order valence-electron chi connectivity index (χ4n) is 4.18. The minimum Gasteiger partial charge on any atom is -0.341 e. The van der Waals surface area contributed by atoms with Gasteiger partial charge in [-0.15, -0.1) is 0 Å². The van der Waals surface area contributed by atoms with Crippen LogP contribution in [0.5, 0.6) is 0 Å². The van der Waals surface area contributed by atoms with Crippen molar-refractivity contribution in [2.75, 3.05) is 49.1 Å². The Bertz CT molecular complexity index is 1110. The van der Waals surface area contributed by atoms with Crippen LogP contribution in [-0.2, 0) is 0 Å². The van der Waals surface area contributed by atoms with Crippen molar-refractivity contribution >= 4 is 18.1 Å². The van der Waals surface area contributed by atoms with Crippen molar-refractivity contribution in [1.82, 2.24) is 19.9 Å². The zero-order valence-corrected chi connectivity index (χ0v) is 20.2. The molecule has 2 aromatic rings. The van der Waals surface area contributed by atoms with Gasteiger partial charge in [-0.1, -0.05) is 23.8 Å². The number of hydrogen-bond acceptors (Lipinski definition) is 7. The first-order valence-corrected chi connectivity index (χ1v) is 11.8. The molecule has 7 nitrogen and oxygen atoms in total. The SMILES string of the molecule is CCN(CC)c1nc(-c2cccc(C)c2)nc(N2CCN(C3C=C(C(F)(F)F)C=CC=N3)CC2)n1. The van der Waals surface area contributed by atoms with E-state index in [1.807, 2.05) is 36.1 Å². The van der Waals surface area contributed by atoms with Crippen LogP contribution in [0.1, 0.15) is 19.4 Å². The number of allylic oxidation sites excluding steroid dienone is 3. The topological polar surface area (TPSA) is 60.8 Å². The van der Waals surface area contributed by atoms with Crippen molar-refractivity contribution < 1.29 is 13.2 Å². The number of rotatable bonds is 6. The molecule has 1 aromatic carbocycles. The maximum absolute atomic E-state index is 13.3. The summed E-state index contributed by atoms with van der Waals surface area (Å²) in [4.78, 5) is 24.7. The number of alkyl halides is 3. The Kier molecular flexibility index (Phi) is 7.49. The summed E-state index contributed by atoms with van der Waals surface area (Å²) in [5, 5.41) is 0. The summed E-state index contributed by atoms with van der Waals surface area (Å²) < 4.78 is 39.8. The van der Waals surface area contributed by atoms with E-state index in [2.05, 4.69) is 28.6 Å². The second-order valence-corrected chi connectivity index (χ2v) is 8.51. The summed E-state index contributed by atoms with van der Waals surface area (Å²) in [6.45, 7) is 9.90. The Hall–Kier alpha value is -3.27. The quantitative estimate of drug-likeness (QED) is 0.609. The molecule has 4 rings (SSSR count). The summed E-state index contributed by atoms with van der Waals surface area (Å²) in [5.41, 5.74) is 1.37. The largest absolute Gasteiger partial charge is 0.416 e. The Morgan fingerprint density at radius 2 is 1.77 bits per heavy atom. The highest BCUT2D eigenvalue weighted by molar-refractivity contribution is 5.73. The van der Waals surface area contributed by atoms with Gasteiger partial charge in [0, 0.05) is 51.0 Å². The number of aromatic nitrogens is 3. The van der Waals surface area contributed by atoms with E-state index in [0.29, 0.717) is 43.9 Å². The van der Waals surface area contributed by atoms with Crippen molar-refractivity contribution in [2.24, 2.45) is 4.99 Å². The molecule has 0 bridgehead atoms. The van der Waals surface area contributed by atoms with E-state index in [0.717, 1.165) is 30.3 Å². The molecule has 0 saturated carbocycles. The van der Waals surface area contributed by atoms with Gasteiger partial charge in [0.2, 0.25) is 11.9 Å². The van der Waals surface area contributed by atoms with Crippen molar-refractivity contribution in [3.05, 3.63) is 53.6 Å². The standard InChI is InChI=1S/C25H30F3N7/c1-4-33(5-2)23-30-22(19-9-6-8-18(3)16-19)31-24(32-23)35-14-12-34(13-15-35)21-17-20(25(26,27)28)10-7-11-29-21/h6-11,16-17,21H,4-5,12-15H2,1-3H3. The van der Waals surface area contributed by atoms with Crippen molar-refractivity contribution in [3.8, 4) is 11.4 Å². The summed E-state index contributed by atoms with van der Waals surface area (Å²) in [5.74, 6) is 1.81. The van der Waals surface area contributed by atoms with Crippen molar-refractivity contribution in [1.29, 1.82) is 0 Å². The van der Waals surface area contributed by atoms with Crippen molar-refractivity contribution in [3.63, 3.8) is 0 Å². The van der Waals surface area contributed by atoms with Crippen LogP contribution in [0.2, 0.25) is 0 Å². The Morgan fingerprint density at radius 1 is 1.03 bits per heavy atom. The number of piperazine rings is 1. The summed E-state index contributed by atoms with van der Waals surface area (Å²) in [6.07, 6.45) is -0.0393. The Balaban J connectivity index is 1.57. The second kappa shape index (κ2) is 10.6. The van der Waals surface area contributed by atoms with Gasteiger partial charge in [-0.2, -0.15) is 28.1 Å². The van der Waals surface area contributed by atoms with Crippen LogP contribution in [0.25, 0.3) is 11.4 Å². The normalized spacial score (nSPS) is 19.0. The number of aryl methyl sites for hydroxylation is 1. The number of anilines is 2. The highest BCUT2D eigenvalue weighted by Crippen LogP contribution is 2.29. The highest BCUT2D eigenvalue weighted by Gasteiger charge is 2.34. The van der Waals surface area contributed by atoms with Crippen LogP contribution in [0.3, 0.4) is 0 Å². The average molecular weight is 486 g/mol. The molecule has 1 unspecified atom stereocenters. The van der Waals surface area contributed by atoms with Crippen LogP contribution >= 0.6 is 0 Å². The maximum Gasteiger partial charge on any atom is 0.416 e. The first-order valence-electron chi connectivity index (χ1n) is 11.8. The van der Waals surface area contributed by atoms with E-state index < -0.39 is 17.9 Å². The smallest absolute Gasteiger partial charge is 0.341 e. The molecule has 186 valence electrons. The molecular weight excluding hydrogens is 455 g/mol. The number of benzene rings is 1. The predicted octanol–water partition coefficient (Wildman–Crippen LogP) is 4.27. The first-order chi connectivity index (χ1) is 16.8. The van der Waals surface area contributed by atoms with Crippen LogP contribution in [0, 0.1) is 6.92 Å². The summed E-state index contributed by atoms with van der Waals surface area (Å²) in [6, 6.07) is 8.04. The third kappa shape index (κ3) is 5.87. The molecule has 1 saturated heterocycles. The van der Waals surface area contributed by atoms with Gasteiger partial charge in [-0.3, -0.25) is 9.89 Å². The van der Waals surface area contributed by atoms with Crippen LogP contribution in [0.4, 0.5) is 25.1 Å². The van der Waals surface area contributed by atoms with Gasteiger partial charge in [0.05, 0.1) is 5.57 Å². The fourth-order valence-corrected chi connectivity index (χ4v) is 4.18. The number of halogens is 3. The fraction of sp³-hybridized carbons (Fsp3) is 0.440. The molecule has 0 spiro atoms. The lowest BCUT2D eigenvalue weighted by molar-refractivity contribution is -0.0887. The molecule has 2 aliphatic rings. The average Bonchev–Trinajstić information content (AvgIpc) is 3.12. The summed E-state index contributed by atoms with van der Waals surface area (Å²) >= 11 is 0. The zero-order valence-electron chi connectivity index (χ0n) is 20.2. The molecule has 10 heteroatoms. The highest BCUT2D eigenvalue weighted by atomic mass is 19.4. The van der Waals surface area contributed by atoms with Crippen LogP contribution < -0.4 is 9.80 Å². The number of hydrogen-bond donors (Lipinski definition) is 0. The van der Waals surface area contributed by atoms with E-state index in [9.17, 15) is 13.2 Å². The zero-order chi connectivity index (χ0) is 25.0. The molecule has 1 fully saturated rings. The van der Waals surface area contributed by atoms with Gasteiger partial charge in [-0.25, -0.2) is 0 Å². The van der Waals surface area contributed by atoms with E-state index in [1.165, 1.54) is 18.4 Å². The monoisotopic (exact) mass is 485 g/mol. The van der Waals surface area contributed by atoms with Gasteiger partial charge in [-0.05, 0) is 45.1 Å². The van der Waals surface area contributed by atoms with Crippen molar-refractivity contribution in [2.45, 2.75) is 33.1 Å². The van der Waals surface area contributed by atoms with Crippen LogP contribution in [-0.4, -0.2) is 77.7 Å². The minimum absolute atomic E-state index is 0.537. The number of aliphatic imine (C=N–C) groups is 1. The van der Waals surface area contributed by atoms with Gasteiger partial charge in [0.15, 0.2) is 5.82 Å². The number of nitrogens with zero attached hydrogens (tertiary/aromatic N) is 7. The van der Waals surface area contributed by atoms with Gasteiger partial charge in [0.25, 0.3) is 0 Å². The molecule has 2 aliphatic heterocycles. The maximum atomic E-state index is 13.3. The lowest BCUT2D eigenvalue weighted by Gasteiger charge is -2.37. The third-order valence-corrected chi connectivity index (χ3v) is 6.16. The molecule has 0 amide bonds. The molecule has 0 radical (unpaired) electrons. The first kappa shape index (κ1) is 24.8. The van der Waals surface area contributed by atoms with Gasteiger partial charge < -0.3 is 9.80 Å². The molecule has 3 heterocycles.